The van der Waals surface area contributed by atoms with E-state index in [4.69, 9.17) is 4.74 Å². The molecule has 2 N–H and O–H groups in total. The molecule has 7 nitrogen and oxygen atoms in total. The fraction of sp³-hybridized carbons (Fsp3) is 0.278. The van der Waals surface area contributed by atoms with Gasteiger partial charge in [0.2, 0.25) is 5.91 Å². The summed E-state index contributed by atoms with van der Waals surface area (Å²) in [6.45, 7) is 0.887. The van der Waals surface area contributed by atoms with Crippen LogP contribution in [0.2, 0.25) is 0 Å². The zero-order valence-electron chi connectivity index (χ0n) is 13.6. The summed E-state index contributed by atoms with van der Waals surface area (Å²) in [6, 6.07) is 14.0. The van der Waals surface area contributed by atoms with Crippen LogP contribution in [-0.2, 0) is 4.79 Å². The minimum Gasteiger partial charge on any atom is -0.493 e. The van der Waals surface area contributed by atoms with Crippen LogP contribution in [0.4, 0.5) is 11.4 Å². The number of hydrogen-bond donors (Lipinski definition) is 2. The van der Waals surface area contributed by atoms with Gasteiger partial charge in [0.1, 0.15) is 11.4 Å². The quantitative estimate of drug-likeness (QED) is 0.622. The van der Waals surface area contributed by atoms with E-state index in [0.29, 0.717) is 18.8 Å². The highest BCUT2D eigenvalue weighted by atomic mass is 16.6. The molecular weight excluding hydrogens is 322 g/mol. The predicted molar refractivity (Wildman–Crippen MR) is 93.6 cm³/mol. The van der Waals surface area contributed by atoms with Gasteiger partial charge in [-0.1, -0.05) is 30.3 Å². The van der Waals surface area contributed by atoms with E-state index in [9.17, 15) is 14.9 Å². The Morgan fingerprint density at radius 3 is 2.80 bits per heavy atom. The van der Waals surface area contributed by atoms with E-state index in [0.717, 1.165) is 17.7 Å². The molecule has 0 saturated heterocycles. The third-order valence-electron chi connectivity index (χ3n) is 4.06. The molecule has 0 saturated carbocycles. The number of rotatable bonds is 6. The molecule has 1 aliphatic heterocycles. The topological polar surface area (TPSA) is 93.5 Å². The van der Waals surface area contributed by atoms with Gasteiger partial charge in [-0.15, -0.1) is 0 Å². The average Bonchev–Trinajstić information content (AvgIpc) is 2.62. The van der Waals surface area contributed by atoms with E-state index >= 15 is 0 Å². The zero-order chi connectivity index (χ0) is 17.6. The lowest BCUT2D eigenvalue weighted by Gasteiger charge is -2.26. The summed E-state index contributed by atoms with van der Waals surface area (Å²) in [7, 11) is 0. The Bertz CT molecular complexity index is 778. The van der Waals surface area contributed by atoms with E-state index in [1.165, 1.54) is 6.07 Å². The number of nitrogens with zero attached hydrogens (tertiary/aromatic N) is 1. The SMILES string of the molecule is O=C(CCNc1ccccc1[N+](=O)[O-])NC1CCOc2ccccc21. The zero-order valence-corrected chi connectivity index (χ0v) is 13.6. The molecule has 1 atom stereocenters. The molecule has 25 heavy (non-hydrogen) atoms. The monoisotopic (exact) mass is 341 g/mol. The van der Waals surface area contributed by atoms with Crippen LogP contribution in [0.1, 0.15) is 24.4 Å². The molecule has 0 bridgehead atoms. The van der Waals surface area contributed by atoms with Crippen LogP contribution in [0.3, 0.4) is 0 Å². The first kappa shape index (κ1) is 16.8. The van der Waals surface area contributed by atoms with Crippen molar-refractivity contribution in [2.75, 3.05) is 18.5 Å². The third-order valence-corrected chi connectivity index (χ3v) is 4.06. The van der Waals surface area contributed by atoms with Crippen LogP contribution in [0, 0.1) is 10.1 Å². The lowest BCUT2D eigenvalue weighted by Crippen LogP contribution is -2.33. The Hall–Kier alpha value is -3.09. The summed E-state index contributed by atoms with van der Waals surface area (Å²) >= 11 is 0. The van der Waals surface area contributed by atoms with Crippen molar-refractivity contribution in [2.24, 2.45) is 0 Å². The molecule has 2 aromatic rings. The van der Waals surface area contributed by atoms with Crippen molar-refractivity contribution in [3.8, 4) is 5.75 Å². The first-order valence-electron chi connectivity index (χ1n) is 8.13. The van der Waals surface area contributed by atoms with Crippen molar-refractivity contribution < 1.29 is 14.5 Å². The second kappa shape index (κ2) is 7.65. The Morgan fingerprint density at radius 2 is 1.96 bits per heavy atom. The minimum absolute atomic E-state index is 0.00117. The number of nitrogens with one attached hydrogen (secondary N) is 2. The summed E-state index contributed by atoms with van der Waals surface area (Å²) in [4.78, 5) is 22.7. The molecule has 2 aromatic carbocycles. The molecule has 1 aliphatic rings. The maximum atomic E-state index is 12.2. The Kier molecular flexibility index (Phi) is 5.13. The molecule has 0 spiro atoms. The van der Waals surface area contributed by atoms with Crippen LogP contribution >= 0.6 is 0 Å². The van der Waals surface area contributed by atoms with Crippen LogP contribution < -0.4 is 15.4 Å². The molecule has 3 rings (SSSR count). The van der Waals surface area contributed by atoms with Gasteiger partial charge >= 0.3 is 0 Å². The number of nitro groups is 1. The van der Waals surface area contributed by atoms with Crippen LogP contribution in [0.15, 0.2) is 48.5 Å². The van der Waals surface area contributed by atoms with Gasteiger partial charge in [-0.3, -0.25) is 14.9 Å². The highest BCUT2D eigenvalue weighted by Gasteiger charge is 2.22. The van der Waals surface area contributed by atoms with Crippen molar-refractivity contribution in [1.29, 1.82) is 0 Å². The second-order valence-electron chi connectivity index (χ2n) is 5.75. The highest BCUT2D eigenvalue weighted by Crippen LogP contribution is 2.31. The van der Waals surface area contributed by atoms with Crippen LogP contribution in [0.5, 0.6) is 5.75 Å². The molecule has 0 aromatic heterocycles. The number of nitro benzene ring substituents is 1. The first-order valence-corrected chi connectivity index (χ1v) is 8.13. The standard InChI is InChI=1S/C18H19N3O4/c22-18(9-11-19-15-6-2-3-7-16(15)21(23)24)20-14-10-12-25-17-8-4-1-5-13(14)17/h1-8,14,19H,9-12H2,(H,20,22). The normalized spacial score (nSPS) is 15.6. The summed E-state index contributed by atoms with van der Waals surface area (Å²) < 4.78 is 5.58. The number of benzene rings is 2. The van der Waals surface area contributed by atoms with Gasteiger partial charge in [-0.2, -0.15) is 0 Å². The second-order valence-corrected chi connectivity index (χ2v) is 5.75. The Labute approximate surface area is 145 Å². The number of anilines is 1. The van der Waals surface area contributed by atoms with Crippen molar-refractivity contribution in [2.45, 2.75) is 18.9 Å². The molecular formula is C18H19N3O4. The number of carbonyl (C=O) groups excluding carboxylic acids is 1. The maximum Gasteiger partial charge on any atom is 0.292 e. The number of ether oxygens (including phenoxy) is 1. The largest absolute Gasteiger partial charge is 0.493 e. The molecule has 0 radical (unpaired) electrons. The fourth-order valence-corrected chi connectivity index (χ4v) is 2.85. The van der Waals surface area contributed by atoms with Gasteiger partial charge in [-0.05, 0) is 12.1 Å². The summed E-state index contributed by atoms with van der Waals surface area (Å²) in [6.07, 6.45) is 0.950. The van der Waals surface area contributed by atoms with E-state index in [-0.39, 0.29) is 24.1 Å². The lowest BCUT2D eigenvalue weighted by atomic mass is 10.0. The van der Waals surface area contributed by atoms with Crippen LogP contribution in [-0.4, -0.2) is 24.0 Å². The highest BCUT2D eigenvalue weighted by molar-refractivity contribution is 5.77. The molecule has 0 aliphatic carbocycles. The van der Waals surface area contributed by atoms with Crippen molar-refractivity contribution in [3.05, 3.63) is 64.2 Å². The first-order chi connectivity index (χ1) is 12.1. The summed E-state index contributed by atoms with van der Waals surface area (Å²) in [5.74, 6) is 0.699. The smallest absolute Gasteiger partial charge is 0.292 e. The lowest BCUT2D eigenvalue weighted by molar-refractivity contribution is -0.384. The number of para-hydroxylation sites is 3. The van der Waals surface area contributed by atoms with Gasteiger partial charge in [0.25, 0.3) is 5.69 Å². The van der Waals surface area contributed by atoms with E-state index in [2.05, 4.69) is 10.6 Å². The van der Waals surface area contributed by atoms with Crippen molar-refractivity contribution in [3.63, 3.8) is 0 Å². The van der Waals surface area contributed by atoms with Crippen LogP contribution in [0.25, 0.3) is 0 Å². The van der Waals surface area contributed by atoms with Gasteiger partial charge in [0.05, 0.1) is 17.6 Å². The van der Waals surface area contributed by atoms with E-state index in [1.54, 1.807) is 18.2 Å². The molecule has 130 valence electrons. The fourth-order valence-electron chi connectivity index (χ4n) is 2.85. The molecule has 1 unspecified atom stereocenters. The third kappa shape index (κ3) is 4.06. The number of fused-ring (bicyclic) bond motifs is 1. The molecule has 7 heteroatoms. The average molecular weight is 341 g/mol. The maximum absolute atomic E-state index is 12.2. The van der Waals surface area contributed by atoms with Crippen molar-refractivity contribution >= 4 is 17.3 Å². The molecule has 1 amide bonds. The number of hydrogen-bond acceptors (Lipinski definition) is 5. The minimum atomic E-state index is -0.443. The Balaban J connectivity index is 1.54. The number of carbonyl (C=O) groups is 1. The molecule has 0 fully saturated rings. The van der Waals surface area contributed by atoms with Gasteiger partial charge in [0, 0.05) is 31.0 Å². The van der Waals surface area contributed by atoms with Crippen molar-refractivity contribution in [1.82, 2.24) is 5.32 Å². The van der Waals surface area contributed by atoms with E-state index in [1.807, 2.05) is 24.3 Å². The van der Waals surface area contributed by atoms with Gasteiger partial charge < -0.3 is 15.4 Å². The van der Waals surface area contributed by atoms with Gasteiger partial charge in [-0.25, -0.2) is 0 Å². The van der Waals surface area contributed by atoms with E-state index < -0.39 is 4.92 Å². The summed E-state index contributed by atoms with van der Waals surface area (Å²) in [5, 5.41) is 16.9. The van der Waals surface area contributed by atoms with Gasteiger partial charge in [0.15, 0.2) is 0 Å². The molecule has 1 heterocycles. The predicted octanol–water partition coefficient (Wildman–Crippen LogP) is 3.04. The number of amides is 1. The summed E-state index contributed by atoms with van der Waals surface area (Å²) in [5.41, 5.74) is 1.40. The Morgan fingerprint density at radius 1 is 1.20 bits per heavy atom.